The maximum Gasteiger partial charge on any atom is 0.200 e. The van der Waals surface area contributed by atoms with Crippen LogP contribution in [0.2, 0.25) is 0 Å². The second-order valence-electron chi connectivity index (χ2n) is 5.12. The van der Waals surface area contributed by atoms with E-state index in [0.29, 0.717) is 6.42 Å². The molecule has 1 aliphatic carbocycles. The van der Waals surface area contributed by atoms with Crippen molar-refractivity contribution >= 4 is 0 Å². The smallest absolute Gasteiger partial charge is 0.200 e. The minimum absolute atomic E-state index is 0.122. The highest BCUT2D eigenvalue weighted by atomic mass is 16.4. The summed E-state index contributed by atoms with van der Waals surface area (Å²) < 4.78 is 5.79. The van der Waals surface area contributed by atoms with Gasteiger partial charge in [0, 0.05) is 18.4 Å². The molecule has 0 amide bonds. The molecule has 0 aliphatic heterocycles. The van der Waals surface area contributed by atoms with Crippen molar-refractivity contribution in [2.24, 2.45) is 0 Å². The molecule has 1 fully saturated rings. The van der Waals surface area contributed by atoms with Gasteiger partial charge in [0.15, 0.2) is 0 Å². The summed E-state index contributed by atoms with van der Waals surface area (Å²) in [5.41, 5.74) is 1.04. The Hall–Kier alpha value is -0.830. The summed E-state index contributed by atoms with van der Waals surface area (Å²) in [6.45, 7) is 8.33. The molecular weight excluding hydrogens is 226 g/mol. The molecule has 0 unspecified atom stereocenters. The van der Waals surface area contributed by atoms with Crippen LogP contribution < -0.4 is 0 Å². The zero-order valence-electron chi connectivity index (χ0n) is 12.3. The summed E-state index contributed by atoms with van der Waals surface area (Å²) in [6.07, 6.45) is 6.82. The summed E-state index contributed by atoms with van der Waals surface area (Å²) in [7, 11) is 0. The van der Waals surface area contributed by atoms with Crippen LogP contribution in [0.3, 0.4) is 0 Å². The first kappa shape index (κ1) is 15.2. The van der Waals surface area contributed by atoms with E-state index in [2.05, 4.69) is 11.9 Å². The second kappa shape index (κ2) is 6.93. The van der Waals surface area contributed by atoms with Gasteiger partial charge >= 0.3 is 0 Å². The predicted octanol–water partition coefficient (Wildman–Crippen LogP) is 3.77. The fraction of sp³-hybridized carbons (Fsp3) is 0.800. The van der Waals surface area contributed by atoms with Gasteiger partial charge in [-0.05, 0) is 19.8 Å². The average Bonchev–Trinajstić information content (AvgIpc) is 2.76. The number of aromatic nitrogens is 1. The maximum absolute atomic E-state index is 8.95. The normalized spacial score (nSPS) is 18.1. The van der Waals surface area contributed by atoms with Gasteiger partial charge in [0.2, 0.25) is 5.89 Å². The van der Waals surface area contributed by atoms with E-state index in [0.717, 1.165) is 17.3 Å². The van der Waals surface area contributed by atoms with Crippen molar-refractivity contribution in [1.29, 1.82) is 0 Å². The molecule has 18 heavy (non-hydrogen) atoms. The van der Waals surface area contributed by atoms with Crippen LogP contribution in [-0.2, 0) is 11.8 Å². The number of hydrogen-bond acceptors (Lipinski definition) is 3. The Morgan fingerprint density at radius 2 is 1.83 bits per heavy atom. The summed E-state index contributed by atoms with van der Waals surface area (Å²) in [5.74, 6) is 1.75. The Kier molecular flexibility index (Phi) is 5.86. The van der Waals surface area contributed by atoms with Gasteiger partial charge in [0.1, 0.15) is 5.76 Å². The standard InChI is InChI=1S/C13H21NO2.C2H6/c1-10-11(6-9-15)14-12(16-10)13(2)7-4-3-5-8-13;1-2/h15H,3-9H2,1-2H3;1-2H3. The lowest BCUT2D eigenvalue weighted by molar-refractivity contribution is 0.254. The van der Waals surface area contributed by atoms with Crippen molar-refractivity contribution in [3.63, 3.8) is 0 Å². The number of rotatable bonds is 3. The zero-order chi connectivity index (χ0) is 13.6. The molecular formula is C15H27NO2. The predicted molar refractivity (Wildman–Crippen MR) is 73.8 cm³/mol. The molecule has 0 spiro atoms. The lowest BCUT2D eigenvalue weighted by Gasteiger charge is -2.30. The third kappa shape index (κ3) is 3.35. The number of hydrogen-bond donors (Lipinski definition) is 1. The van der Waals surface area contributed by atoms with E-state index < -0.39 is 0 Å². The first-order chi connectivity index (χ1) is 8.65. The Balaban J connectivity index is 0.000000771. The monoisotopic (exact) mass is 253 g/mol. The summed E-state index contributed by atoms with van der Waals surface area (Å²) in [6, 6.07) is 0. The van der Waals surface area contributed by atoms with Crippen LogP contribution in [0.1, 0.15) is 70.2 Å². The van der Waals surface area contributed by atoms with Gasteiger partial charge < -0.3 is 9.52 Å². The van der Waals surface area contributed by atoms with Crippen molar-refractivity contribution in [3.8, 4) is 0 Å². The van der Waals surface area contributed by atoms with E-state index in [-0.39, 0.29) is 12.0 Å². The van der Waals surface area contributed by atoms with Crippen LogP contribution in [0.5, 0.6) is 0 Å². The van der Waals surface area contributed by atoms with E-state index in [1.54, 1.807) is 0 Å². The fourth-order valence-electron chi connectivity index (χ4n) is 2.57. The SMILES string of the molecule is CC.Cc1oc(C2(C)CCCCC2)nc1CCO. The summed E-state index contributed by atoms with van der Waals surface area (Å²) in [5, 5.41) is 8.95. The van der Waals surface area contributed by atoms with E-state index in [4.69, 9.17) is 9.52 Å². The number of aliphatic hydroxyl groups is 1. The second-order valence-corrected chi connectivity index (χ2v) is 5.12. The highest BCUT2D eigenvalue weighted by Gasteiger charge is 2.34. The maximum atomic E-state index is 8.95. The van der Waals surface area contributed by atoms with Gasteiger partial charge in [0.25, 0.3) is 0 Å². The number of aryl methyl sites for hydroxylation is 1. The van der Waals surface area contributed by atoms with Gasteiger partial charge in [-0.15, -0.1) is 0 Å². The van der Waals surface area contributed by atoms with Crippen molar-refractivity contribution < 1.29 is 9.52 Å². The first-order valence-corrected chi connectivity index (χ1v) is 7.23. The Bertz CT molecular complexity index is 351. The fourth-order valence-corrected chi connectivity index (χ4v) is 2.57. The molecule has 3 heteroatoms. The molecule has 1 N–H and O–H groups in total. The topological polar surface area (TPSA) is 46.3 Å². The molecule has 1 aromatic rings. The van der Waals surface area contributed by atoms with Crippen LogP contribution in [0.25, 0.3) is 0 Å². The molecule has 0 atom stereocenters. The summed E-state index contributed by atoms with van der Waals surface area (Å²) in [4.78, 5) is 4.57. The third-order valence-electron chi connectivity index (χ3n) is 3.71. The number of aliphatic hydroxyl groups excluding tert-OH is 1. The van der Waals surface area contributed by atoms with Gasteiger partial charge in [-0.25, -0.2) is 4.98 Å². The minimum atomic E-state index is 0.122. The molecule has 1 aliphatic rings. The van der Waals surface area contributed by atoms with Gasteiger partial charge in [-0.1, -0.05) is 40.0 Å². The van der Waals surface area contributed by atoms with E-state index >= 15 is 0 Å². The Morgan fingerprint density at radius 3 is 2.39 bits per heavy atom. The third-order valence-corrected chi connectivity index (χ3v) is 3.71. The lowest BCUT2D eigenvalue weighted by atomic mass is 9.76. The van der Waals surface area contributed by atoms with E-state index in [1.807, 2.05) is 20.8 Å². The van der Waals surface area contributed by atoms with E-state index in [1.165, 1.54) is 32.1 Å². The van der Waals surface area contributed by atoms with Crippen LogP contribution in [0, 0.1) is 6.92 Å². The molecule has 1 saturated carbocycles. The Morgan fingerprint density at radius 1 is 1.22 bits per heavy atom. The quantitative estimate of drug-likeness (QED) is 0.892. The summed E-state index contributed by atoms with van der Waals surface area (Å²) >= 11 is 0. The molecule has 1 aromatic heterocycles. The molecule has 2 rings (SSSR count). The molecule has 0 radical (unpaired) electrons. The van der Waals surface area contributed by atoms with Gasteiger partial charge in [0.05, 0.1) is 5.69 Å². The molecule has 104 valence electrons. The van der Waals surface area contributed by atoms with Gasteiger partial charge in [-0.2, -0.15) is 0 Å². The number of nitrogens with zero attached hydrogens (tertiary/aromatic N) is 1. The zero-order valence-corrected chi connectivity index (χ0v) is 12.3. The van der Waals surface area contributed by atoms with E-state index in [9.17, 15) is 0 Å². The van der Waals surface area contributed by atoms with Crippen molar-refractivity contribution in [3.05, 3.63) is 17.3 Å². The molecule has 0 saturated heterocycles. The molecule has 0 bridgehead atoms. The minimum Gasteiger partial charge on any atom is -0.445 e. The average molecular weight is 253 g/mol. The van der Waals surface area contributed by atoms with Crippen molar-refractivity contribution in [2.45, 2.75) is 71.6 Å². The molecule has 0 aromatic carbocycles. The van der Waals surface area contributed by atoms with Crippen LogP contribution in [0.4, 0.5) is 0 Å². The van der Waals surface area contributed by atoms with Crippen LogP contribution in [0.15, 0.2) is 4.42 Å². The van der Waals surface area contributed by atoms with Crippen molar-refractivity contribution in [2.75, 3.05) is 6.61 Å². The van der Waals surface area contributed by atoms with Crippen molar-refractivity contribution in [1.82, 2.24) is 4.98 Å². The lowest BCUT2D eigenvalue weighted by Crippen LogP contribution is -2.25. The number of oxazole rings is 1. The Labute approximate surface area is 111 Å². The molecule has 3 nitrogen and oxygen atoms in total. The first-order valence-electron chi connectivity index (χ1n) is 7.23. The van der Waals surface area contributed by atoms with Crippen LogP contribution in [-0.4, -0.2) is 16.7 Å². The molecule has 1 heterocycles. The largest absolute Gasteiger partial charge is 0.445 e. The highest BCUT2D eigenvalue weighted by Crippen LogP contribution is 2.38. The van der Waals surface area contributed by atoms with Gasteiger partial charge in [-0.3, -0.25) is 0 Å². The van der Waals surface area contributed by atoms with Crippen LogP contribution >= 0.6 is 0 Å². The highest BCUT2D eigenvalue weighted by molar-refractivity contribution is 5.14.